The number of fused-ring (bicyclic) bond motifs is 6. The second kappa shape index (κ2) is 46.3. The third kappa shape index (κ3) is 23.8. The number of nitrogen functional groups attached to an aromatic ring is 6. The van der Waals surface area contributed by atoms with Crippen LogP contribution in [0.5, 0.6) is 34.5 Å². The van der Waals surface area contributed by atoms with Crippen molar-refractivity contribution in [2.75, 3.05) is 119 Å². The van der Waals surface area contributed by atoms with Crippen LogP contribution >= 0.6 is 58.8 Å². The van der Waals surface area contributed by atoms with Crippen molar-refractivity contribution in [3.8, 4) is 34.5 Å². The Labute approximate surface area is 828 Å². The molecule has 1 unspecified atom stereocenters. The molecule has 16 N–H and O–H groups in total. The third-order valence-electron chi connectivity index (χ3n) is 21.1. The zero-order chi connectivity index (χ0) is 99.1. The summed E-state index contributed by atoms with van der Waals surface area (Å²) < 4.78 is 52.2. The summed E-state index contributed by atoms with van der Waals surface area (Å²) in [6.07, 6.45) is 2.31. The Hall–Kier alpha value is -14.3. The second-order valence-electron chi connectivity index (χ2n) is 30.7. The van der Waals surface area contributed by atoms with E-state index in [-0.39, 0.29) is 99.7 Å². The number of halogens is 4. The predicted molar refractivity (Wildman–Crippen MR) is 556 cm³/mol. The monoisotopic (exact) mass is 1990 g/mol. The maximum Gasteiger partial charge on any atom is 0.270 e. The second-order valence-corrected chi connectivity index (χ2v) is 32.0. The molecule has 12 radical (unpaired) electrons. The van der Waals surface area contributed by atoms with Gasteiger partial charge in [-0.05, 0) is 161 Å². The van der Waals surface area contributed by atoms with Crippen LogP contribution in [0.1, 0.15) is 110 Å². The average Bonchev–Trinajstić information content (AvgIpc) is 1.60. The highest BCUT2D eigenvalue weighted by atomic mass is 127. The van der Waals surface area contributed by atoms with Gasteiger partial charge in [0.15, 0.2) is 39.8 Å². The molecule has 6 aromatic carbocycles. The Morgan fingerprint density at radius 3 is 1.20 bits per heavy atom. The SMILES string of the molecule is C=C=C=C=C=C=C=C=C=C.COc1cc(Cc2cnc(N)nc2N)c2cc(C(=O)c3c(C(=O)N(C)C)[nH]c4ccc(Cl)cc34)oc2c1OC.COc1cc(Cc2cnc(N)nc2N)c2cc(C(O)c3c(C(=O)N(C)C)[nH]c4ccc(Cl)cc34)oc2c1OC.COc1cc(Cc2cnc(N)nc2N)c2cc(Cc3c(C(=O)N(C)C)[nH]c4ccc(Cl)cc34)oc2c1OC.I.[B]B([B])B(B([B])[B])B([B])[B]. The summed E-state index contributed by atoms with van der Waals surface area (Å²) in [6, 6.07) is 26.4. The Morgan fingerprint density at radius 2 is 0.803 bits per heavy atom. The summed E-state index contributed by atoms with van der Waals surface area (Å²) >= 11 is 18.8. The highest BCUT2D eigenvalue weighted by Gasteiger charge is 2.34. The minimum Gasteiger partial charge on any atom is -0.493 e. The number of aliphatic hydroxyl groups is 1. The van der Waals surface area contributed by atoms with Crippen molar-refractivity contribution < 1.29 is 66.0 Å². The summed E-state index contributed by atoms with van der Waals surface area (Å²) in [4.78, 5) is 91.2. The van der Waals surface area contributed by atoms with Crippen molar-refractivity contribution in [3.05, 3.63) is 268 Å². The number of aromatic nitrogens is 9. The van der Waals surface area contributed by atoms with Crippen molar-refractivity contribution in [2.24, 2.45) is 0 Å². The fourth-order valence-electron chi connectivity index (χ4n) is 14.7. The predicted octanol–water partition coefficient (Wildman–Crippen LogP) is 11.3. The number of ether oxygens (including phenoxy) is 6. The lowest BCUT2D eigenvalue weighted by Gasteiger charge is -2.23. The molecular weight excluding hydrogens is 1910 g/mol. The van der Waals surface area contributed by atoms with E-state index >= 15 is 0 Å². The first-order valence-corrected chi connectivity index (χ1v) is 42.0. The van der Waals surface area contributed by atoms with E-state index in [9.17, 15) is 24.3 Å². The summed E-state index contributed by atoms with van der Waals surface area (Å²) in [5, 5.41) is 17.1. The van der Waals surface area contributed by atoms with Crippen molar-refractivity contribution in [2.45, 2.75) is 31.8 Å². The highest BCUT2D eigenvalue weighted by Crippen LogP contribution is 2.47. The van der Waals surface area contributed by atoms with Crippen LogP contribution in [-0.4, -0.2) is 245 Å². The Balaban J connectivity index is 0.000000192. The largest absolute Gasteiger partial charge is 0.493 e. The van der Waals surface area contributed by atoms with Crippen molar-refractivity contribution in [1.82, 2.24) is 59.6 Å². The van der Waals surface area contributed by atoms with Crippen LogP contribution in [0.4, 0.5) is 35.3 Å². The van der Waals surface area contributed by atoms with E-state index in [4.69, 9.17) is 157 Å². The van der Waals surface area contributed by atoms with E-state index in [1.807, 2.05) is 24.3 Å². The molecule has 9 heterocycles. The minimum atomic E-state index is -1.32. The lowest BCUT2D eigenvalue weighted by molar-refractivity contribution is 0.0811. The number of ketones is 1. The minimum absolute atomic E-state index is 0. The van der Waals surface area contributed by atoms with Gasteiger partial charge in [-0.1, -0.05) is 46.3 Å². The van der Waals surface area contributed by atoms with E-state index in [0.717, 1.165) is 38.5 Å². The molecule has 0 aliphatic carbocycles. The number of methoxy groups -OCH3 is 6. The van der Waals surface area contributed by atoms with Crippen molar-refractivity contribution in [3.63, 3.8) is 0 Å². The summed E-state index contributed by atoms with van der Waals surface area (Å²) in [5.41, 5.74) is 64.4. The lowest BCUT2D eigenvalue weighted by Crippen LogP contribution is -2.62. The van der Waals surface area contributed by atoms with Gasteiger partial charge in [0.25, 0.3) is 17.7 Å². The number of nitrogens with two attached hydrogens (primary N) is 6. The number of nitrogens with one attached hydrogen (secondary N) is 3. The van der Waals surface area contributed by atoms with E-state index in [1.54, 1.807) is 142 Å². The number of H-pyrrole nitrogens is 3. The number of aliphatic hydroxyl groups excluding tert-OH is 1. The van der Waals surface area contributed by atoms with E-state index in [1.165, 1.54) is 43.1 Å². The molecule has 0 saturated heterocycles. The van der Waals surface area contributed by atoms with Crippen LogP contribution in [0.2, 0.25) is 15.1 Å². The average molecular weight is 2000 g/mol. The smallest absolute Gasteiger partial charge is 0.270 e. The molecule has 9 aromatic heterocycles. The number of rotatable bonds is 24. The Morgan fingerprint density at radius 1 is 0.445 bits per heavy atom. The topological polar surface area (TPSA) is 474 Å². The quantitative estimate of drug-likeness (QED) is 0.0116. The van der Waals surface area contributed by atoms with Gasteiger partial charge >= 0.3 is 0 Å². The molecule has 0 aliphatic heterocycles. The molecule has 0 saturated carbocycles. The number of carbonyl (C=O) groups excluding carboxylic acids is 4. The maximum absolute atomic E-state index is 14.0. The number of hydrogen-bond acceptors (Lipinski definition) is 26. The molecule has 3 amide bonds. The van der Waals surface area contributed by atoms with Crippen LogP contribution in [0, 0.1) is 0 Å². The normalized spacial score (nSPS) is 10.7. The molecule has 15 rings (SSSR count). The molecular formula is C91H84B10Cl3IN18O14. The summed E-state index contributed by atoms with van der Waals surface area (Å²) in [7, 11) is 50.8. The Kier molecular flexibility index (Phi) is 35.4. The number of nitrogens with zero attached hydrogens (tertiary/aromatic N) is 9. The van der Waals surface area contributed by atoms with Crippen LogP contribution in [-0.2, 0) is 25.7 Å². The number of anilines is 6. The van der Waals surface area contributed by atoms with E-state index in [2.05, 4.69) is 104 Å². The van der Waals surface area contributed by atoms with Crippen molar-refractivity contribution >= 4 is 255 Å². The lowest BCUT2D eigenvalue weighted by atomic mass is 8.58. The molecule has 15 aromatic rings. The molecule has 46 heteroatoms. The van der Waals surface area contributed by atoms with E-state index in [0.29, 0.717) is 164 Å². The first kappa shape index (κ1) is 105. The number of aromatic amines is 3. The molecule has 0 spiro atoms. The van der Waals surface area contributed by atoms with Gasteiger partial charge in [0.1, 0.15) is 52.2 Å². The number of benzene rings is 6. The van der Waals surface area contributed by atoms with Gasteiger partial charge in [-0.2, -0.15) is 15.0 Å². The zero-order valence-corrected chi connectivity index (χ0v) is 80.9. The molecule has 0 aliphatic rings. The Bertz CT molecular complexity index is 7410. The number of hydrogen-bond donors (Lipinski definition) is 10. The van der Waals surface area contributed by atoms with Crippen LogP contribution in [0.25, 0.3) is 65.6 Å². The highest BCUT2D eigenvalue weighted by molar-refractivity contribution is 14.0. The number of amides is 3. The molecule has 0 bridgehead atoms. The van der Waals surface area contributed by atoms with E-state index < -0.39 is 37.4 Å². The first-order valence-electron chi connectivity index (χ1n) is 40.8. The van der Waals surface area contributed by atoms with Crippen LogP contribution in [0.15, 0.2) is 182 Å². The zero-order valence-electron chi connectivity index (χ0n) is 76.3. The summed E-state index contributed by atoms with van der Waals surface area (Å²) in [5.74, 6) is 2.93. The van der Waals surface area contributed by atoms with Gasteiger partial charge in [0, 0.05) is 245 Å². The van der Waals surface area contributed by atoms with Gasteiger partial charge in [-0.15, -0.1) is 24.0 Å². The molecule has 137 heavy (non-hydrogen) atoms. The number of furan rings is 3. The summed E-state index contributed by atoms with van der Waals surface area (Å²) in [6.45, 7) is 6.54. The van der Waals surface area contributed by atoms with Crippen LogP contribution < -0.4 is 62.8 Å². The van der Waals surface area contributed by atoms with Gasteiger partial charge in [0.05, 0.1) is 48.2 Å². The standard InChI is InChI=1S/C27H27ClN6O5.C27H25ClN6O5.C27H27ClN6O4.C10H4.B10.HI/c2*1-34(2)26(36)21-20(16-9-14(28)5-6-17(16)32-21)22(35)18-10-15-12(7-13-11-31-27(30)33-25(13)29)8-19(37-3)24(38-4)23(15)39-18;1-34(2)26(35)22-19(18-9-15(28)5-6-20(18)32-22)11-16-10-17-13(7-14-12-31-27(30)33-25(14)29)8-21(36-3)24(37-4)23(17)38-16;1-3-5-7-9-10-8-6-4-2;1-7(2)10(8(3)4)9(5)6;/h5-6,8-11,22,32,35H,7H2,1-4H3,(H4,29,30,31,33);5-6,8-11,32H,7H2,1-4H3,(H4,29,30,31,33);5-6,8-10,12,32H,7,11H2,1-4H3,(H4,29,30,31,33);1-2H2;;1H. The van der Waals surface area contributed by atoms with Gasteiger partial charge in [0.2, 0.25) is 40.9 Å². The molecule has 1 atom stereocenters. The molecule has 0 fully saturated rings. The maximum atomic E-state index is 14.0. The first-order chi connectivity index (χ1) is 64.8. The van der Waals surface area contributed by atoms with Crippen LogP contribution in [0.3, 0.4) is 0 Å². The number of carbonyl (C=O) groups is 4. The fourth-order valence-corrected chi connectivity index (χ4v) is 15.2. The molecule has 680 valence electrons. The van der Waals surface area contributed by atoms with Gasteiger partial charge in [-0.3, -0.25) is 19.2 Å². The van der Waals surface area contributed by atoms with Crippen molar-refractivity contribution in [1.29, 1.82) is 0 Å². The third-order valence-corrected chi connectivity index (χ3v) is 21.8. The molecule has 32 nitrogen and oxygen atoms in total. The fraction of sp³-hybridized carbons (Fsp3) is 0.187. The van der Waals surface area contributed by atoms with Gasteiger partial charge in [-0.25, -0.2) is 15.0 Å². The van der Waals surface area contributed by atoms with Gasteiger partial charge < -0.3 is 111 Å².